The second kappa shape index (κ2) is 10.1. The molecule has 0 saturated carbocycles. The Labute approximate surface area is 231 Å². The van der Waals surface area contributed by atoms with Crippen molar-refractivity contribution in [2.75, 3.05) is 27.6 Å². The van der Waals surface area contributed by atoms with Crippen molar-refractivity contribution in [3.63, 3.8) is 0 Å². The Morgan fingerprint density at radius 1 is 1.02 bits per heavy atom. The van der Waals surface area contributed by atoms with Crippen molar-refractivity contribution < 1.29 is 43.1 Å². The van der Waals surface area contributed by atoms with Gasteiger partial charge >= 0.3 is 11.9 Å². The first-order valence-corrected chi connectivity index (χ1v) is 12.8. The van der Waals surface area contributed by atoms with Crippen LogP contribution in [0.15, 0.2) is 60.2 Å². The topological polar surface area (TPSA) is 136 Å². The normalized spacial score (nSPS) is 17.7. The van der Waals surface area contributed by atoms with E-state index >= 15 is 0 Å². The number of ether oxygens (including phenoxy) is 6. The summed E-state index contributed by atoms with van der Waals surface area (Å²) >= 11 is 1.06. The lowest BCUT2D eigenvalue weighted by Gasteiger charge is -2.26. The molecule has 12 heteroatoms. The van der Waals surface area contributed by atoms with E-state index in [-0.39, 0.29) is 36.5 Å². The molecule has 0 bridgehead atoms. The highest BCUT2D eigenvalue weighted by molar-refractivity contribution is 7.00. The summed E-state index contributed by atoms with van der Waals surface area (Å²) in [6, 6.07) is 15.1. The molecule has 2 aliphatic heterocycles. The molecule has 11 nitrogen and oxygen atoms in total. The van der Waals surface area contributed by atoms with E-state index in [2.05, 4.69) is 8.75 Å². The minimum absolute atomic E-state index is 0.0138. The monoisotopic (exact) mass is 562 g/mol. The van der Waals surface area contributed by atoms with Crippen molar-refractivity contribution in [2.24, 2.45) is 0 Å². The lowest BCUT2D eigenvalue weighted by atomic mass is 9.87. The van der Waals surface area contributed by atoms with Gasteiger partial charge < -0.3 is 33.5 Å². The molecule has 0 aliphatic carbocycles. The van der Waals surface area contributed by atoms with Gasteiger partial charge in [-0.1, -0.05) is 12.1 Å². The second-order valence-electron chi connectivity index (χ2n) is 8.94. The van der Waals surface area contributed by atoms with Crippen LogP contribution >= 0.6 is 11.7 Å². The fraction of sp³-hybridized carbons (Fsp3) is 0.214. The lowest BCUT2D eigenvalue weighted by Crippen LogP contribution is -2.30. The van der Waals surface area contributed by atoms with E-state index in [0.29, 0.717) is 45.2 Å². The molecule has 1 N–H and O–H groups in total. The average Bonchev–Trinajstić information content (AvgIpc) is 3.69. The molecule has 1 unspecified atom stereocenters. The highest BCUT2D eigenvalue weighted by Gasteiger charge is 2.49. The van der Waals surface area contributed by atoms with Gasteiger partial charge in [0.1, 0.15) is 22.5 Å². The quantitative estimate of drug-likeness (QED) is 0.317. The molecule has 0 saturated heterocycles. The number of carbonyl (C=O) groups is 2. The zero-order chi connectivity index (χ0) is 27.9. The van der Waals surface area contributed by atoms with Crippen LogP contribution in [0.4, 0.5) is 0 Å². The van der Waals surface area contributed by atoms with E-state index in [1.807, 2.05) is 0 Å². The molecular weight excluding hydrogens is 540 g/mol. The van der Waals surface area contributed by atoms with E-state index in [1.165, 1.54) is 14.2 Å². The zero-order valence-electron chi connectivity index (χ0n) is 21.3. The maximum absolute atomic E-state index is 13.5. The average molecular weight is 563 g/mol. The number of hydrogen-bond donors (Lipinski definition) is 1. The van der Waals surface area contributed by atoms with Crippen molar-refractivity contribution in [1.82, 2.24) is 8.75 Å². The van der Waals surface area contributed by atoms with Crippen LogP contribution in [-0.2, 0) is 31.3 Å². The number of rotatable bonds is 8. The van der Waals surface area contributed by atoms with Crippen molar-refractivity contribution in [2.45, 2.75) is 12.2 Å². The first kappa shape index (κ1) is 25.6. The second-order valence-corrected chi connectivity index (χ2v) is 9.47. The van der Waals surface area contributed by atoms with Gasteiger partial charge in [-0.25, -0.2) is 9.59 Å². The van der Waals surface area contributed by atoms with E-state index in [0.717, 1.165) is 11.7 Å². The van der Waals surface area contributed by atoms with Crippen LogP contribution in [0.1, 0.15) is 16.7 Å². The minimum atomic E-state index is -2.15. The fourth-order valence-corrected chi connectivity index (χ4v) is 5.16. The number of fused-ring (bicyclic) bond motifs is 2. The van der Waals surface area contributed by atoms with Crippen LogP contribution < -0.4 is 18.9 Å². The number of nitrogens with zero attached hydrogens (tertiary/aromatic N) is 2. The number of carbonyl (C=O) groups excluding carboxylic acids is 2. The Kier molecular flexibility index (Phi) is 6.48. The van der Waals surface area contributed by atoms with Crippen LogP contribution in [0.3, 0.4) is 0 Å². The van der Waals surface area contributed by atoms with Crippen molar-refractivity contribution in [3.05, 3.63) is 76.9 Å². The maximum Gasteiger partial charge on any atom is 0.343 e. The zero-order valence-corrected chi connectivity index (χ0v) is 22.1. The van der Waals surface area contributed by atoms with Crippen LogP contribution in [-0.4, -0.2) is 53.4 Å². The van der Waals surface area contributed by atoms with Crippen LogP contribution in [0.2, 0.25) is 0 Å². The Balaban J connectivity index is 1.50. The van der Waals surface area contributed by atoms with Gasteiger partial charge in [0, 0.05) is 23.6 Å². The van der Waals surface area contributed by atoms with Crippen LogP contribution in [0.5, 0.6) is 23.0 Å². The number of hydrogen-bond acceptors (Lipinski definition) is 12. The van der Waals surface area contributed by atoms with Gasteiger partial charge in [-0.05, 0) is 47.5 Å². The predicted octanol–water partition coefficient (Wildman–Crippen LogP) is 3.38. The fourth-order valence-electron chi connectivity index (χ4n) is 4.65. The molecule has 3 aromatic carbocycles. The summed E-state index contributed by atoms with van der Waals surface area (Å²) in [6.45, 7) is -0.308. The minimum Gasteiger partial charge on any atom is -0.497 e. The summed E-state index contributed by atoms with van der Waals surface area (Å²) in [5.74, 6) is -1.72. The third-order valence-electron chi connectivity index (χ3n) is 6.68. The smallest absolute Gasteiger partial charge is 0.343 e. The Hall–Kier alpha value is -4.68. The summed E-state index contributed by atoms with van der Waals surface area (Å²) in [5.41, 5.74) is 3.05. The highest BCUT2D eigenvalue weighted by atomic mass is 32.1. The molecule has 6 rings (SSSR count). The van der Waals surface area contributed by atoms with Gasteiger partial charge in [0.05, 0.1) is 31.5 Å². The third kappa shape index (κ3) is 4.46. The molecule has 4 aromatic rings. The summed E-state index contributed by atoms with van der Waals surface area (Å²) in [6.07, 6.45) is 0.0138. The Morgan fingerprint density at radius 2 is 1.85 bits per heavy atom. The number of esters is 2. The van der Waals surface area contributed by atoms with Gasteiger partial charge in [0.15, 0.2) is 18.1 Å². The maximum atomic E-state index is 13.5. The molecule has 2 aliphatic rings. The molecular formula is C28H22N2O9S. The molecule has 0 amide bonds. The molecule has 0 fully saturated rings. The van der Waals surface area contributed by atoms with E-state index in [4.69, 9.17) is 28.4 Å². The first-order chi connectivity index (χ1) is 19.4. The predicted molar refractivity (Wildman–Crippen MR) is 141 cm³/mol. The van der Waals surface area contributed by atoms with Crippen molar-refractivity contribution >= 4 is 40.3 Å². The van der Waals surface area contributed by atoms with Gasteiger partial charge in [-0.3, -0.25) is 0 Å². The Bertz CT molecular complexity index is 1680. The summed E-state index contributed by atoms with van der Waals surface area (Å²) in [4.78, 5) is 25.3. The van der Waals surface area contributed by atoms with Gasteiger partial charge in [0.25, 0.3) is 5.79 Å². The SMILES string of the molecule is COC(=O)COc1cc(OC)ccc1CC1=C(c2ccc3nsnc3c2)C(=O)OC1(O)c1ccc2c(c1)OCO2. The largest absolute Gasteiger partial charge is 0.497 e. The Morgan fingerprint density at radius 3 is 2.67 bits per heavy atom. The number of methoxy groups -OCH3 is 2. The molecule has 204 valence electrons. The molecule has 3 heterocycles. The summed E-state index contributed by atoms with van der Waals surface area (Å²) in [7, 11) is 2.77. The van der Waals surface area contributed by atoms with E-state index in [1.54, 1.807) is 54.6 Å². The van der Waals surface area contributed by atoms with E-state index in [9.17, 15) is 14.7 Å². The highest BCUT2D eigenvalue weighted by Crippen LogP contribution is 2.48. The molecule has 0 spiro atoms. The van der Waals surface area contributed by atoms with Crippen LogP contribution in [0, 0.1) is 0 Å². The lowest BCUT2D eigenvalue weighted by molar-refractivity contribution is -0.185. The molecule has 1 atom stereocenters. The van der Waals surface area contributed by atoms with Gasteiger partial charge in [-0.2, -0.15) is 8.75 Å². The van der Waals surface area contributed by atoms with Crippen molar-refractivity contribution in [1.29, 1.82) is 0 Å². The first-order valence-electron chi connectivity index (χ1n) is 12.1. The number of cyclic esters (lactones) is 1. The number of benzene rings is 3. The summed E-state index contributed by atoms with van der Waals surface area (Å²) < 4.78 is 40.9. The molecule has 0 radical (unpaired) electrons. The van der Waals surface area contributed by atoms with Crippen LogP contribution in [0.25, 0.3) is 16.6 Å². The van der Waals surface area contributed by atoms with Gasteiger partial charge in [0.2, 0.25) is 6.79 Å². The third-order valence-corrected chi connectivity index (χ3v) is 7.23. The van der Waals surface area contributed by atoms with E-state index < -0.39 is 17.7 Å². The number of aliphatic hydroxyl groups is 1. The standard InChI is InChI=1S/C28H22N2O9S/c1-34-18-6-3-15(23(12-18)36-13-25(31)35-2)9-19-26(16-4-7-20-21(10-16)30-40-29-20)27(32)39-28(19,33)17-5-8-22-24(11-17)38-14-37-22/h3-8,10-12,33H,9,13-14H2,1-2H3. The van der Waals surface area contributed by atoms with Crippen molar-refractivity contribution in [3.8, 4) is 23.0 Å². The van der Waals surface area contributed by atoms with Gasteiger partial charge in [-0.15, -0.1) is 0 Å². The molecule has 40 heavy (non-hydrogen) atoms. The molecule has 1 aromatic heterocycles. The summed E-state index contributed by atoms with van der Waals surface area (Å²) in [5, 5.41) is 12.1. The number of aromatic nitrogens is 2.